The summed E-state index contributed by atoms with van der Waals surface area (Å²) in [4.78, 5) is 77.2. The molecule has 0 radical (unpaired) electrons. The Labute approximate surface area is 510 Å². The number of hydrogen-bond acceptors (Lipinski definition) is 25. The zero-order valence-corrected chi connectivity index (χ0v) is 50.7. The Morgan fingerprint density at radius 2 is 0.943 bits per heavy atom. The molecule has 2 atom stereocenters. The highest BCUT2D eigenvalue weighted by atomic mass is 32.2. The number of carbonyl (C=O) groups excluding carboxylic acids is 4. The van der Waals surface area contributed by atoms with Crippen LogP contribution in [-0.4, -0.2) is 147 Å². The molecule has 29 heteroatoms. The number of sulfonamides is 1. The zero-order valence-electron chi connectivity index (χ0n) is 49.8. The van der Waals surface area contributed by atoms with Crippen LogP contribution in [0, 0.1) is 0 Å². The van der Waals surface area contributed by atoms with Crippen molar-refractivity contribution in [2.45, 2.75) is 90.4 Å². The molecule has 28 nitrogen and oxygen atoms in total. The van der Waals surface area contributed by atoms with E-state index in [1.165, 1.54) is 13.2 Å². The van der Waals surface area contributed by atoms with E-state index in [2.05, 4.69) is 66.5 Å². The summed E-state index contributed by atoms with van der Waals surface area (Å²) in [5.41, 5.74) is 9.15. The van der Waals surface area contributed by atoms with Crippen LogP contribution in [0.25, 0.3) is 0 Å². The Morgan fingerprint density at radius 3 is 1.34 bits per heavy atom. The first-order valence-corrected chi connectivity index (χ1v) is 30.7. The van der Waals surface area contributed by atoms with Crippen molar-refractivity contribution < 1.29 is 65.5 Å². The molecule has 88 heavy (non-hydrogen) atoms. The first kappa shape index (κ1) is 66.2. The first-order chi connectivity index (χ1) is 42.6. The van der Waals surface area contributed by atoms with Gasteiger partial charge in [0.1, 0.15) is 35.1 Å². The van der Waals surface area contributed by atoms with Gasteiger partial charge in [-0.2, -0.15) is 29.9 Å². The molecule has 12 bridgehead atoms. The molecule has 4 aliphatic rings. The van der Waals surface area contributed by atoms with Gasteiger partial charge in [0, 0.05) is 49.7 Å². The number of ether oxygens (including phenoxy) is 8. The quantitative estimate of drug-likeness (QED) is 0.0582. The standard InChI is InChI=1S/C30H39N7O8S.C29H37N7O6/c1-4-43-30-36-28-31-18-20-9-12-22(13-10-20)44-15-7-5-6-8-16-45-25-17-21(33-29(35-28)37-30)11-14-23(25)26(38)34-24(27(39)42-2)19-32-46(3,40)41;1-3-40-29-35-27-31-18-19-8-11-21(12-9-19)41-14-6-4-5-7-15-42-24-16-20(32-28(34-27)36-29)10-13-22(24)25(37)33-23(17-30)26(38)39-2/h9-14,17,24,32H,4-8,15-16,18-19H2,1-3H3,(H,34,38)(H2,31,33,35,36,37);8-13,16,23H,3-7,14-15,17-18,30H2,1-2H3,(H,33,37)(H2,31,32,34,35,36)/t24-;23-/m00/s1. The summed E-state index contributed by atoms with van der Waals surface area (Å²) >= 11 is 0. The minimum atomic E-state index is -3.63. The van der Waals surface area contributed by atoms with Gasteiger partial charge in [-0.05, 0) is 125 Å². The normalized spacial score (nSPS) is 14.5. The lowest BCUT2D eigenvalue weighted by Gasteiger charge is -2.19. The molecule has 6 heterocycles. The molecular weight excluding hydrogens is 1160 g/mol. The number of hydrogen-bond donors (Lipinski definition) is 8. The summed E-state index contributed by atoms with van der Waals surface area (Å²) in [6.45, 7) is 6.71. The van der Waals surface area contributed by atoms with Gasteiger partial charge in [0.2, 0.25) is 33.8 Å². The molecule has 0 saturated carbocycles. The number of fused-ring (bicyclic) bond motifs is 20. The van der Waals surface area contributed by atoms with Gasteiger partial charge in [-0.25, -0.2) is 22.7 Å². The third kappa shape index (κ3) is 21.6. The summed E-state index contributed by atoms with van der Waals surface area (Å²) in [5.74, 6) is 0.575. The lowest BCUT2D eigenvalue weighted by Crippen LogP contribution is -2.48. The van der Waals surface area contributed by atoms with Gasteiger partial charge in [0.05, 0.1) is 71.2 Å². The number of benzene rings is 4. The van der Waals surface area contributed by atoms with Crippen LogP contribution in [0.4, 0.5) is 35.2 Å². The van der Waals surface area contributed by atoms with E-state index >= 15 is 0 Å². The van der Waals surface area contributed by atoms with Gasteiger partial charge < -0.3 is 75.5 Å². The Hall–Kier alpha value is -9.35. The number of nitrogens with two attached hydrogens (primary N) is 1. The number of anilines is 6. The molecule has 2 amide bonds. The molecule has 4 aliphatic heterocycles. The molecule has 0 saturated heterocycles. The van der Waals surface area contributed by atoms with Crippen LogP contribution in [0.15, 0.2) is 84.9 Å². The highest BCUT2D eigenvalue weighted by Crippen LogP contribution is 2.29. The fraction of sp³-hybridized carbons (Fsp3) is 0.424. The van der Waals surface area contributed by atoms with Crippen molar-refractivity contribution in [1.82, 2.24) is 45.3 Å². The molecule has 2 aromatic heterocycles. The number of carbonyl (C=O) groups is 4. The van der Waals surface area contributed by atoms with Crippen LogP contribution in [0.5, 0.6) is 35.0 Å². The number of esters is 2. The van der Waals surface area contributed by atoms with E-state index < -0.39 is 45.9 Å². The molecule has 0 aliphatic carbocycles. The fourth-order valence-corrected chi connectivity index (χ4v) is 8.94. The molecule has 6 aromatic rings. The summed E-state index contributed by atoms with van der Waals surface area (Å²) < 4.78 is 69.9. The van der Waals surface area contributed by atoms with Crippen LogP contribution >= 0.6 is 0 Å². The number of amides is 2. The molecule has 10 rings (SSSR count). The van der Waals surface area contributed by atoms with Crippen molar-refractivity contribution in [2.75, 3.05) is 94.5 Å². The van der Waals surface area contributed by atoms with E-state index in [4.69, 9.17) is 43.6 Å². The Morgan fingerprint density at radius 1 is 0.545 bits per heavy atom. The van der Waals surface area contributed by atoms with Gasteiger partial charge in [-0.3, -0.25) is 9.59 Å². The minimum Gasteiger partial charge on any atom is -0.494 e. The van der Waals surface area contributed by atoms with Crippen molar-refractivity contribution in [1.29, 1.82) is 0 Å². The maximum atomic E-state index is 13.4. The first-order valence-electron chi connectivity index (χ1n) is 28.8. The lowest BCUT2D eigenvalue weighted by molar-refractivity contribution is -0.143. The zero-order chi connectivity index (χ0) is 62.7. The molecule has 0 unspecified atom stereocenters. The van der Waals surface area contributed by atoms with Crippen LogP contribution < -0.4 is 70.8 Å². The number of nitrogens with zero attached hydrogens (tertiary/aromatic N) is 6. The molecule has 0 fully saturated rings. The molecule has 4 aromatic carbocycles. The van der Waals surface area contributed by atoms with E-state index in [9.17, 15) is 27.6 Å². The smallest absolute Gasteiger partial charge is 0.329 e. The third-order valence-electron chi connectivity index (χ3n) is 13.0. The number of methoxy groups -OCH3 is 2. The molecule has 9 N–H and O–H groups in total. The van der Waals surface area contributed by atoms with E-state index in [1.807, 2.05) is 62.4 Å². The van der Waals surface area contributed by atoms with Crippen molar-refractivity contribution in [3.05, 3.63) is 107 Å². The predicted molar refractivity (Wildman–Crippen MR) is 326 cm³/mol. The second-order valence-electron chi connectivity index (χ2n) is 19.7. The van der Waals surface area contributed by atoms with Crippen LogP contribution in [-0.2, 0) is 42.2 Å². The fourth-order valence-electron chi connectivity index (χ4n) is 8.47. The van der Waals surface area contributed by atoms with E-state index in [0.29, 0.717) is 75.8 Å². The van der Waals surface area contributed by atoms with Gasteiger partial charge >= 0.3 is 24.0 Å². The van der Waals surface area contributed by atoms with Crippen LogP contribution in [0.2, 0.25) is 0 Å². The minimum absolute atomic E-state index is 0.111. The molecule has 0 spiro atoms. The second-order valence-corrected chi connectivity index (χ2v) is 21.6. The summed E-state index contributed by atoms with van der Waals surface area (Å²) in [6.07, 6.45) is 7.93. The largest absolute Gasteiger partial charge is 0.494 e. The highest BCUT2D eigenvalue weighted by molar-refractivity contribution is 7.88. The summed E-state index contributed by atoms with van der Waals surface area (Å²) in [5, 5.41) is 17.8. The number of aromatic nitrogens is 6. The lowest BCUT2D eigenvalue weighted by atomic mass is 10.1. The average Bonchev–Trinajstić information content (AvgIpc) is 3.68. The SMILES string of the molecule is CCOc1nc2nc(n1)Nc1ccc(C(=O)N[C@@H](CN)C(=O)OC)c(c1)OCCCCCCOc1ccc(cc1)CN2.CCOc1nc2nc(n1)Nc1ccc(C(=O)N[C@@H](CNS(C)(=O)=O)C(=O)OC)c(c1)OCCCCCCOc1ccc(cc1)CN2. The summed E-state index contributed by atoms with van der Waals surface area (Å²) in [6, 6.07) is 23.4. The van der Waals surface area contributed by atoms with Gasteiger partial charge in [0.25, 0.3) is 11.8 Å². The number of nitrogens with one attached hydrogen (secondary N) is 7. The molecule has 472 valence electrons. The topological polar surface area (TPSA) is 364 Å². The van der Waals surface area contributed by atoms with E-state index in [-0.39, 0.29) is 59.8 Å². The van der Waals surface area contributed by atoms with Gasteiger partial charge in [-0.1, -0.05) is 24.3 Å². The Kier molecular flexibility index (Phi) is 25.7. The number of rotatable bonds is 14. The summed E-state index contributed by atoms with van der Waals surface area (Å²) in [7, 11) is -1.25. The van der Waals surface area contributed by atoms with Crippen molar-refractivity contribution in [3.8, 4) is 35.0 Å². The second kappa shape index (κ2) is 34.1. The average molecular weight is 1240 g/mol. The van der Waals surface area contributed by atoms with Gasteiger partial charge in [-0.15, -0.1) is 0 Å². The van der Waals surface area contributed by atoms with E-state index in [1.54, 1.807) is 30.3 Å². The maximum Gasteiger partial charge on any atom is 0.329 e. The predicted octanol–water partition coefficient (Wildman–Crippen LogP) is 5.97. The third-order valence-corrected chi connectivity index (χ3v) is 13.7. The van der Waals surface area contributed by atoms with Crippen molar-refractivity contribution in [2.24, 2.45) is 5.73 Å². The molecular formula is C59H76N14O14S. The van der Waals surface area contributed by atoms with Crippen LogP contribution in [0.3, 0.4) is 0 Å². The van der Waals surface area contributed by atoms with E-state index in [0.717, 1.165) is 87.4 Å². The Bertz CT molecular complexity index is 3370. The Balaban J connectivity index is 0.000000252. The van der Waals surface area contributed by atoms with Crippen LogP contribution in [0.1, 0.15) is 97.1 Å². The highest BCUT2D eigenvalue weighted by Gasteiger charge is 2.27. The maximum absolute atomic E-state index is 13.4. The monoisotopic (exact) mass is 1240 g/mol. The van der Waals surface area contributed by atoms with Crippen molar-refractivity contribution in [3.63, 3.8) is 0 Å². The van der Waals surface area contributed by atoms with Crippen molar-refractivity contribution >= 4 is 68.9 Å². The van der Waals surface area contributed by atoms with Gasteiger partial charge in [0.15, 0.2) is 0 Å².